The van der Waals surface area contributed by atoms with Crippen LogP contribution in [0.25, 0.3) is 0 Å². The highest BCUT2D eigenvalue weighted by molar-refractivity contribution is 5.96. The summed E-state index contributed by atoms with van der Waals surface area (Å²) < 4.78 is 39.3. The predicted molar refractivity (Wildman–Crippen MR) is 117 cm³/mol. The molecule has 0 bridgehead atoms. The summed E-state index contributed by atoms with van der Waals surface area (Å²) in [6.07, 6.45) is -2.09. The normalized spacial score (nSPS) is 13.6. The molecule has 0 aliphatic carbocycles. The van der Waals surface area contributed by atoms with Gasteiger partial charge in [-0.3, -0.25) is 9.59 Å². The Morgan fingerprint density at radius 2 is 1.68 bits per heavy atom. The molecular weight excluding hydrogens is 455 g/mol. The van der Waals surface area contributed by atoms with Crippen LogP contribution in [0.3, 0.4) is 0 Å². The molecule has 0 saturated carbocycles. The second kappa shape index (κ2) is 12.0. The van der Waals surface area contributed by atoms with Crippen molar-refractivity contribution in [1.29, 1.82) is 0 Å². The average molecular weight is 481 g/mol. The summed E-state index contributed by atoms with van der Waals surface area (Å²) in [5.41, 5.74) is 3.33. The molecule has 0 spiro atoms. The van der Waals surface area contributed by atoms with Gasteiger partial charge in [-0.1, -0.05) is 25.5 Å². The Hall–Kier alpha value is -3.70. The zero-order valence-corrected chi connectivity index (χ0v) is 18.6. The summed E-state index contributed by atoms with van der Waals surface area (Å²) in [4.78, 5) is 36.5. The number of carbonyl (C=O) groups is 3. The largest absolute Gasteiger partial charge is 0.476 e. The van der Waals surface area contributed by atoms with Gasteiger partial charge in [-0.25, -0.2) is 4.79 Å². The lowest BCUT2D eigenvalue weighted by Gasteiger charge is -2.35. The van der Waals surface area contributed by atoms with Crippen LogP contribution in [0.4, 0.5) is 19.0 Å². The molecule has 0 unspecified atom stereocenters. The SMILES string of the molecule is CCCCC(N)=O.O=C(O)c1ccc(N2CCN(C(=O)c3ccccc3C(F)(F)F)CC2)nn1. The van der Waals surface area contributed by atoms with Gasteiger partial charge in [0.05, 0.1) is 11.1 Å². The fourth-order valence-electron chi connectivity index (χ4n) is 3.18. The number of rotatable bonds is 6. The monoisotopic (exact) mass is 481 g/mol. The van der Waals surface area contributed by atoms with Crippen LogP contribution in [0.1, 0.15) is 52.6 Å². The minimum absolute atomic E-state index is 0.184. The third-order valence-corrected chi connectivity index (χ3v) is 5.00. The van der Waals surface area contributed by atoms with Gasteiger partial charge in [-0.15, -0.1) is 10.2 Å². The topological polar surface area (TPSA) is 130 Å². The summed E-state index contributed by atoms with van der Waals surface area (Å²) in [5, 5.41) is 16.3. The highest BCUT2D eigenvalue weighted by Crippen LogP contribution is 2.32. The number of hydrogen-bond acceptors (Lipinski definition) is 6. The number of carboxylic acids is 1. The van der Waals surface area contributed by atoms with E-state index < -0.39 is 23.6 Å². The lowest BCUT2D eigenvalue weighted by Crippen LogP contribution is -2.49. The molecule has 1 aromatic heterocycles. The van der Waals surface area contributed by atoms with Crippen LogP contribution >= 0.6 is 0 Å². The second-order valence-electron chi connectivity index (χ2n) is 7.47. The molecule has 1 aromatic carbocycles. The molecular formula is C22H26F3N5O4. The van der Waals surface area contributed by atoms with Crippen molar-refractivity contribution in [3.63, 3.8) is 0 Å². The third kappa shape index (κ3) is 7.42. The number of primary amides is 1. The number of nitrogens with two attached hydrogens (primary N) is 1. The van der Waals surface area contributed by atoms with Crippen molar-refractivity contribution in [2.45, 2.75) is 32.4 Å². The van der Waals surface area contributed by atoms with Gasteiger partial charge in [-0.2, -0.15) is 13.2 Å². The number of aromatic nitrogens is 2. The molecule has 3 N–H and O–H groups in total. The van der Waals surface area contributed by atoms with E-state index in [9.17, 15) is 27.6 Å². The van der Waals surface area contributed by atoms with Gasteiger partial charge >= 0.3 is 12.1 Å². The lowest BCUT2D eigenvalue weighted by atomic mass is 10.1. The number of aromatic carboxylic acids is 1. The first kappa shape index (κ1) is 26.6. The molecule has 0 radical (unpaired) electrons. The molecule has 2 aromatic rings. The van der Waals surface area contributed by atoms with E-state index in [1.807, 2.05) is 6.92 Å². The van der Waals surface area contributed by atoms with E-state index in [-0.39, 0.29) is 30.3 Å². The predicted octanol–water partition coefficient (Wildman–Crippen LogP) is 2.82. The Bertz CT molecular complexity index is 991. The first-order chi connectivity index (χ1) is 16.0. The van der Waals surface area contributed by atoms with Gasteiger partial charge in [0.25, 0.3) is 5.91 Å². The maximum absolute atomic E-state index is 13.1. The Morgan fingerprint density at radius 3 is 2.15 bits per heavy atom. The molecule has 184 valence electrons. The van der Waals surface area contributed by atoms with Crippen LogP contribution in [0.2, 0.25) is 0 Å². The molecule has 3 rings (SSSR count). The summed E-state index contributed by atoms with van der Waals surface area (Å²) in [6.45, 7) is 3.16. The standard InChI is InChI=1S/C17H15F3N4O3.C5H11NO/c18-17(19,20)12-4-2-1-3-11(12)15(25)24-9-7-23(8-10-24)14-6-5-13(16(26)27)21-22-14;1-2-3-4-5(6)7/h1-6H,7-10H2,(H,26,27);2-4H2,1H3,(H2,6,7). The van der Waals surface area contributed by atoms with Gasteiger partial charge in [-0.05, 0) is 30.7 Å². The number of piperazine rings is 1. The van der Waals surface area contributed by atoms with Gasteiger partial charge in [0.1, 0.15) is 0 Å². The van der Waals surface area contributed by atoms with Crippen LogP contribution in [0, 0.1) is 0 Å². The van der Waals surface area contributed by atoms with Crippen LogP contribution in [-0.2, 0) is 11.0 Å². The Kier molecular flexibility index (Phi) is 9.34. The second-order valence-corrected chi connectivity index (χ2v) is 7.47. The Morgan fingerprint density at radius 1 is 1.03 bits per heavy atom. The van der Waals surface area contributed by atoms with Crippen molar-refractivity contribution in [1.82, 2.24) is 15.1 Å². The lowest BCUT2D eigenvalue weighted by molar-refractivity contribution is -0.138. The number of halogens is 3. The molecule has 1 fully saturated rings. The number of carboxylic acid groups (broad SMARTS) is 1. The number of carbonyl (C=O) groups excluding carboxylic acids is 2. The molecule has 1 aliphatic heterocycles. The highest BCUT2D eigenvalue weighted by Gasteiger charge is 2.36. The number of benzene rings is 1. The fourth-order valence-corrected chi connectivity index (χ4v) is 3.18. The first-order valence-corrected chi connectivity index (χ1v) is 10.6. The van der Waals surface area contributed by atoms with Crippen molar-refractivity contribution in [2.24, 2.45) is 5.73 Å². The minimum atomic E-state index is -4.60. The van der Waals surface area contributed by atoms with Crippen molar-refractivity contribution in [2.75, 3.05) is 31.1 Å². The van der Waals surface area contributed by atoms with Crippen molar-refractivity contribution in [3.8, 4) is 0 Å². The smallest absolute Gasteiger partial charge is 0.417 e. The van der Waals surface area contributed by atoms with Gasteiger partial charge in [0.15, 0.2) is 11.5 Å². The molecule has 2 amide bonds. The van der Waals surface area contributed by atoms with E-state index in [2.05, 4.69) is 10.2 Å². The first-order valence-electron chi connectivity index (χ1n) is 10.6. The van der Waals surface area contributed by atoms with E-state index >= 15 is 0 Å². The van der Waals surface area contributed by atoms with Crippen LogP contribution < -0.4 is 10.6 Å². The number of amides is 2. The van der Waals surface area contributed by atoms with E-state index in [4.69, 9.17) is 10.8 Å². The molecule has 2 heterocycles. The quantitative estimate of drug-likeness (QED) is 0.649. The van der Waals surface area contributed by atoms with Crippen molar-refractivity contribution < 1.29 is 32.7 Å². The number of alkyl halides is 3. The summed E-state index contributed by atoms with van der Waals surface area (Å²) >= 11 is 0. The average Bonchev–Trinajstić information content (AvgIpc) is 2.82. The van der Waals surface area contributed by atoms with Gasteiger partial charge < -0.3 is 20.6 Å². The third-order valence-electron chi connectivity index (χ3n) is 5.00. The van der Waals surface area contributed by atoms with E-state index in [0.717, 1.165) is 18.9 Å². The minimum Gasteiger partial charge on any atom is -0.476 e. The molecule has 34 heavy (non-hydrogen) atoms. The van der Waals surface area contributed by atoms with Crippen LogP contribution in [0.5, 0.6) is 0 Å². The van der Waals surface area contributed by atoms with Crippen LogP contribution in [-0.4, -0.2) is 64.2 Å². The van der Waals surface area contributed by atoms with Crippen LogP contribution in [0.15, 0.2) is 36.4 Å². The molecule has 9 nitrogen and oxygen atoms in total. The summed E-state index contributed by atoms with van der Waals surface area (Å²) in [5.74, 6) is -1.60. The Balaban J connectivity index is 0.000000509. The number of hydrogen-bond donors (Lipinski definition) is 2. The van der Waals surface area contributed by atoms with Crippen molar-refractivity contribution >= 4 is 23.6 Å². The fraction of sp³-hybridized carbons (Fsp3) is 0.409. The molecule has 1 saturated heterocycles. The maximum Gasteiger partial charge on any atom is 0.417 e. The number of unbranched alkanes of at least 4 members (excludes halogenated alkanes) is 1. The highest BCUT2D eigenvalue weighted by atomic mass is 19.4. The van der Waals surface area contributed by atoms with E-state index in [1.54, 1.807) is 4.90 Å². The Labute approximate surface area is 194 Å². The zero-order valence-electron chi connectivity index (χ0n) is 18.6. The maximum atomic E-state index is 13.1. The number of nitrogens with zero attached hydrogens (tertiary/aromatic N) is 4. The van der Waals surface area contributed by atoms with E-state index in [0.29, 0.717) is 25.3 Å². The van der Waals surface area contributed by atoms with E-state index in [1.165, 1.54) is 35.2 Å². The molecule has 0 atom stereocenters. The summed E-state index contributed by atoms with van der Waals surface area (Å²) in [6, 6.07) is 7.54. The van der Waals surface area contributed by atoms with Crippen molar-refractivity contribution in [3.05, 3.63) is 53.2 Å². The van der Waals surface area contributed by atoms with Gasteiger partial charge in [0.2, 0.25) is 5.91 Å². The summed E-state index contributed by atoms with van der Waals surface area (Å²) in [7, 11) is 0. The zero-order chi connectivity index (χ0) is 25.3. The number of anilines is 1. The van der Waals surface area contributed by atoms with Gasteiger partial charge in [0, 0.05) is 32.6 Å². The molecule has 12 heteroatoms. The molecule has 1 aliphatic rings.